The van der Waals surface area contributed by atoms with E-state index in [1.807, 2.05) is 0 Å². The number of ether oxygens (including phenoxy) is 1. The first kappa shape index (κ1) is 22.9. The van der Waals surface area contributed by atoms with Crippen molar-refractivity contribution in [3.05, 3.63) is 41.2 Å². The van der Waals surface area contributed by atoms with Crippen LogP contribution >= 0.6 is 23.2 Å². The zero-order valence-corrected chi connectivity index (χ0v) is 17.1. The molecule has 1 aromatic carbocycles. The molecule has 0 saturated carbocycles. The van der Waals surface area contributed by atoms with E-state index < -0.39 is 28.2 Å². The first-order valence-corrected chi connectivity index (χ1v) is 10.1. The van der Waals surface area contributed by atoms with Crippen molar-refractivity contribution in [2.75, 3.05) is 0 Å². The van der Waals surface area contributed by atoms with Gasteiger partial charge in [0.05, 0.1) is 5.56 Å². The number of alkyl halides is 5. The Morgan fingerprint density at radius 2 is 1.68 bits per heavy atom. The molecule has 0 spiro atoms. The molecule has 1 aliphatic heterocycles. The Morgan fingerprint density at radius 3 is 2.29 bits per heavy atom. The molecule has 1 fully saturated rings. The zero-order valence-electron chi connectivity index (χ0n) is 15.6. The van der Waals surface area contributed by atoms with Gasteiger partial charge in [0.15, 0.2) is 10.1 Å². The van der Waals surface area contributed by atoms with Crippen LogP contribution in [0.3, 0.4) is 0 Å². The standard InChI is InChI=1S/C20H24Cl2F3NO2/c1-2-3-4-5-6-7-12-19(21,22)18-26-17(27)16(28-18)13-14-8-10-15(11-9-14)20(23,24)25/h8-11,13,18H,2-7,12H2,1H3,(H,26,27). The number of hydrogen-bond donors (Lipinski definition) is 1. The fraction of sp³-hybridized carbons (Fsp3) is 0.550. The summed E-state index contributed by atoms with van der Waals surface area (Å²) in [5.41, 5.74) is -0.353. The van der Waals surface area contributed by atoms with E-state index in [0.29, 0.717) is 12.0 Å². The topological polar surface area (TPSA) is 38.3 Å². The van der Waals surface area contributed by atoms with Crippen LogP contribution < -0.4 is 5.32 Å². The SMILES string of the molecule is CCCCCCCCC(Cl)(Cl)C1NC(=O)C(=Cc2ccc(C(F)(F)F)cc2)O1. The maximum Gasteiger partial charge on any atom is 0.416 e. The van der Waals surface area contributed by atoms with E-state index in [4.69, 9.17) is 27.9 Å². The van der Waals surface area contributed by atoms with E-state index >= 15 is 0 Å². The molecule has 156 valence electrons. The van der Waals surface area contributed by atoms with Crippen molar-refractivity contribution in [1.29, 1.82) is 0 Å². The maximum atomic E-state index is 12.6. The average Bonchev–Trinajstić information content (AvgIpc) is 2.99. The first-order chi connectivity index (χ1) is 13.1. The van der Waals surface area contributed by atoms with Gasteiger partial charge in [-0.25, -0.2) is 0 Å². The van der Waals surface area contributed by atoms with Gasteiger partial charge in [0, 0.05) is 0 Å². The molecule has 1 heterocycles. The van der Waals surface area contributed by atoms with E-state index in [2.05, 4.69) is 12.2 Å². The monoisotopic (exact) mass is 437 g/mol. The van der Waals surface area contributed by atoms with Gasteiger partial charge in [-0.05, 0) is 30.2 Å². The minimum absolute atomic E-state index is 0.0293. The highest BCUT2D eigenvalue weighted by molar-refractivity contribution is 6.49. The van der Waals surface area contributed by atoms with Gasteiger partial charge in [-0.1, -0.05) is 80.8 Å². The second-order valence-corrected chi connectivity index (χ2v) is 8.42. The van der Waals surface area contributed by atoms with Gasteiger partial charge in [0.1, 0.15) is 0 Å². The van der Waals surface area contributed by atoms with Crippen LogP contribution in [0.1, 0.15) is 63.0 Å². The summed E-state index contributed by atoms with van der Waals surface area (Å²) in [5.74, 6) is -0.531. The lowest BCUT2D eigenvalue weighted by atomic mass is 10.1. The number of rotatable bonds is 9. The number of unbranched alkanes of at least 4 members (excludes halogenated alkanes) is 5. The lowest BCUT2D eigenvalue weighted by molar-refractivity contribution is -0.137. The van der Waals surface area contributed by atoms with Crippen LogP contribution in [0, 0.1) is 0 Å². The van der Waals surface area contributed by atoms with Crippen LogP contribution in [0.15, 0.2) is 30.0 Å². The predicted molar refractivity (Wildman–Crippen MR) is 105 cm³/mol. The fourth-order valence-electron chi connectivity index (χ4n) is 2.88. The number of carbonyl (C=O) groups is 1. The summed E-state index contributed by atoms with van der Waals surface area (Å²) in [4.78, 5) is 12.1. The molecule has 2 rings (SSSR count). The van der Waals surface area contributed by atoms with Gasteiger partial charge >= 0.3 is 6.18 Å². The Bertz CT molecular complexity index is 688. The molecule has 0 radical (unpaired) electrons. The largest absolute Gasteiger partial charge is 0.462 e. The summed E-state index contributed by atoms with van der Waals surface area (Å²) in [6.07, 6.45) is 2.97. The summed E-state index contributed by atoms with van der Waals surface area (Å²) in [5, 5.41) is 2.59. The van der Waals surface area contributed by atoms with Crippen LogP contribution in [0.4, 0.5) is 13.2 Å². The van der Waals surface area contributed by atoms with E-state index in [9.17, 15) is 18.0 Å². The summed E-state index contributed by atoms with van der Waals surface area (Å²) >= 11 is 12.7. The smallest absolute Gasteiger partial charge is 0.416 e. The molecule has 1 saturated heterocycles. The summed E-state index contributed by atoms with van der Waals surface area (Å²) in [6.45, 7) is 2.15. The van der Waals surface area contributed by atoms with Gasteiger partial charge in [-0.15, -0.1) is 0 Å². The lowest BCUT2D eigenvalue weighted by Crippen LogP contribution is -2.41. The third-order valence-electron chi connectivity index (χ3n) is 4.51. The molecule has 1 unspecified atom stereocenters. The highest BCUT2D eigenvalue weighted by Crippen LogP contribution is 2.36. The molecule has 28 heavy (non-hydrogen) atoms. The second-order valence-electron chi connectivity index (χ2n) is 6.88. The Kier molecular flexibility index (Phi) is 8.07. The molecule has 1 amide bonds. The molecule has 1 atom stereocenters. The fourth-order valence-corrected chi connectivity index (χ4v) is 3.35. The Balaban J connectivity index is 1.93. The lowest BCUT2D eigenvalue weighted by Gasteiger charge is -2.25. The summed E-state index contributed by atoms with van der Waals surface area (Å²) in [6, 6.07) is 4.43. The highest BCUT2D eigenvalue weighted by atomic mass is 35.5. The number of carbonyl (C=O) groups excluding carboxylic acids is 1. The molecular weight excluding hydrogens is 414 g/mol. The van der Waals surface area contributed by atoms with E-state index in [-0.39, 0.29) is 5.76 Å². The van der Waals surface area contributed by atoms with Gasteiger partial charge in [0.2, 0.25) is 6.23 Å². The van der Waals surface area contributed by atoms with Crippen molar-refractivity contribution in [2.45, 2.75) is 68.6 Å². The van der Waals surface area contributed by atoms with Crippen LogP contribution in [0.5, 0.6) is 0 Å². The normalized spacial score (nSPS) is 19.0. The minimum Gasteiger partial charge on any atom is -0.462 e. The summed E-state index contributed by atoms with van der Waals surface area (Å²) in [7, 11) is 0. The van der Waals surface area contributed by atoms with E-state index in [1.54, 1.807) is 0 Å². The van der Waals surface area contributed by atoms with Crippen LogP contribution in [-0.4, -0.2) is 16.5 Å². The number of nitrogens with one attached hydrogen (secondary N) is 1. The predicted octanol–water partition coefficient (Wildman–Crippen LogP) is 6.44. The van der Waals surface area contributed by atoms with Gasteiger partial charge in [-0.2, -0.15) is 13.2 Å². The molecule has 8 heteroatoms. The molecule has 0 bridgehead atoms. The molecule has 3 nitrogen and oxygen atoms in total. The van der Waals surface area contributed by atoms with Gasteiger partial charge < -0.3 is 10.1 Å². The van der Waals surface area contributed by atoms with Crippen molar-refractivity contribution < 1.29 is 22.7 Å². The number of halogens is 5. The Morgan fingerprint density at radius 1 is 1.07 bits per heavy atom. The van der Waals surface area contributed by atoms with E-state index in [0.717, 1.165) is 31.4 Å². The summed E-state index contributed by atoms with van der Waals surface area (Å²) < 4.78 is 42.1. The molecule has 1 aromatic rings. The third kappa shape index (κ3) is 6.59. The van der Waals surface area contributed by atoms with Crippen LogP contribution in [0.25, 0.3) is 6.08 Å². The minimum atomic E-state index is -4.41. The maximum absolute atomic E-state index is 12.6. The van der Waals surface area contributed by atoms with Gasteiger partial charge in [-0.3, -0.25) is 4.79 Å². The van der Waals surface area contributed by atoms with Gasteiger partial charge in [0.25, 0.3) is 5.91 Å². The van der Waals surface area contributed by atoms with E-state index in [1.165, 1.54) is 37.5 Å². The van der Waals surface area contributed by atoms with Crippen molar-refractivity contribution in [3.63, 3.8) is 0 Å². The number of amides is 1. The zero-order chi connectivity index (χ0) is 20.8. The quantitative estimate of drug-likeness (QED) is 0.274. The number of hydrogen-bond acceptors (Lipinski definition) is 2. The van der Waals surface area contributed by atoms with Crippen LogP contribution in [-0.2, 0) is 15.7 Å². The highest BCUT2D eigenvalue weighted by Gasteiger charge is 2.43. The molecule has 1 N–H and O–H groups in total. The number of benzene rings is 1. The van der Waals surface area contributed by atoms with Crippen molar-refractivity contribution >= 4 is 35.2 Å². The second kappa shape index (κ2) is 9.88. The first-order valence-electron chi connectivity index (χ1n) is 9.38. The molecule has 0 aromatic heterocycles. The third-order valence-corrected chi connectivity index (χ3v) is 5.29. The molecule has 0 aliphatic carbocycles. The Labute approximate surface area is 173 Å². The molecular formula is C20H24Cl2F3NO2. The van der Waals surface area contributed by atoms with Crippen molar-refractivity contribution in [2.24, 2.45) is 0 Å². The molecule has 1 aliphatic rings. The van der Waals surface area contributed by atoms with Crippen LogP contribution in [0.2, 0.25) is 0 Å². The Hall–Kier alpha value is -1.40. The average molecular weight is 438 g/mol. The van der Waals surface area contributed by atoms with Crippen molar-refractivity contribution in [1.82, 2.24) is 5.32 Å². The van der Waals surface area contributed by atoms with Crippen molar-refractivity contribution in [3.8, 4) is 0 Å².